The molecule has 1 amide bonds. The molecule has 5 rings (SSSR count). The van der Waals surface area contributed by atoms with Crippen LogP contribution in [0.1, 0.15) is 12.0 Å². The zero-order valence-corrected chi connectivity index (χ0v) is 18.6. The Morgan fingerprint density at radius 3 is 2.77 bits per heavy atom. The lowest BCUT2D eigenvalue weighted by molar-refractivity contribution is -0.118. The Labute approximate surface area is 199 Å². The highest BCUT2D eigenvalue weighted by atomic mass is 19.1. The molecule has 1 fully saturated rings. The molecule has 0 unspecified atom stereocenters. The van der Waals surface area contributed by atoms with E-state index >= 15 is 0 Å². The number of aromatic nitrogens is 4. The first-order chi connectivity index (χ1) is 17.0. The van der Waals surface area contributed by atoms with E-state index < -0.39 is 17.5 Å². The van der Waals surface area contributed by atoms with Gasteiger partial charge >= 0.3 is 0 Å². The maximum Gasteiger partial charge on any atom is 0.231 e. The van der Waals surface area contributed by atoms with Gasteiger partial charge in [0.05, 0.1) is 25.5 Å². The number of carbonyl (C=O) groups excluding carboxylic acids is 1. The van der Waals surface area contributed by atoms with Crippen LogP contribution < -0.4 is 15.4 Å². The summed E-state index contributed by atoms with van der Waals surface area (Å²) in [5.74, 6) is -1.47. The smallest absolute Gasteiger partial charge is 0.231 e. The van der Waals surface area contributed by atoms with Crippen molar-refractivity contribution in [2.24, 2.45) is 5.73 Å². The van der Waals surface area contributed by atoms with Crippen LogP contribution in [0.2, 0.25) is 0 Å². The fourth-order valence-electron chi connectivity index (χ4n) is 3.98. The minimum atomic E-state index is -0.792. The number of nitrogens with zero attached hydrogens (tertiary/aromatic N) is 5. The first kappa shape index (κ1) is 22.7. The topological polar surface area (TPSA) is 108 Å². The van der Waals surface area contributed by atoms with E-state index in [2.05, 4.69) is 15.1 Å². The minimum absolute atomic E-state index is 0.0238. The van der Waals surface area contributed by atoms with Crippen LogP contribution in [0.3, 0.4) is 0 Å². The number of anilines is 1. The number of carbonyl (C=O) groups is 1. The number of rotatable bonds is 7. The summed E-state index contributed by atoms with van der Waals surface area (Å²) in [5.41, 5.74) is 6.66. The van der Waals surface area contributed by atoms with E-state index in [9.17, 15) is 13.6 Å². The summed E-state index contributed by atoms with van der Waals surface area (Å²) in [7, 11) is 0. The zero-order chi connectivity index (χ0) is 24.4. The van der Waals surface area contributed by atoms with Crippen molar-refractivity contribution in [1.29, 1.82) is 0 Å². The van der Waals surface area contributed by atoms with Gasteiger partial charge in [-0.15, -0.1) is 0 Å². The van der Waals surface area contributed by atoms with Crippen molar-refractivity contribution in [2.75, 3.05) is 24.7 Å². The highest BCUT2D eigenvalue weighted by Gasteiger charge is 2.29. The third-order valence-corrected chi connectivity index (χ3v) is 5.66. The van der Waals surface area contributed by atoms with E-state index in [1.165, 1.54) is 16.9 Å². The molecule has 11 heteroatoms. The summed E-state index contributed by atoms with van der Waals surface area (Å²) in [5, 5.41) is 4.73. The van der Waals surface area contributed by atoms with Crippen molar-refractivity contribution in [3.05, 3.63) is 71.9 Å². The number of halogens is 2. The summed E-state index contributed by atoms with van der Waals surface area (Å²) < 4.78 is 41.0. The fourth-order valence-corrected chi connectivity index (χ4v) is 3.98. The fraction of sp³-hybridized carbons (Fsp3) is 0.250. The molecule has 9 nitrogen and oxygen atoms in total. The van der Waals surface area contributed by atoms with Crippen LogP contribution in [0, 0.1) is 11.6 Å². The van der Waals surface area contributed by atoms with E-state index in [1.807, 2.05) is 35.2 Å². The van der Waals surface area contributed by atoms with Gasteiger partial charge in [-0.25, -0.2) is 13.5 Å². The molecular weight excluding hydrogens is 458 g/mol. The summed E-state index contributed by atoms with van der Waals surface area (Å²) in [6.07, 6.45) is 1.52. The molecule has 0 saturated carbocycles. The molecule has 180 valence electrons. The van der Waals surface area contributed by atoms with Gasteiger partial charge in [-0.1, -0.05) is 30.3 Å². The minimum Gasteiger partial charge on any atom is -0.472 e. The third kappa shape index (κ3) is 4.76. The monoisotopic (exact) mass is 480 g/mol. The van der Waals surface area contributed by atoms with Gasteiger partial charge in [-0.2, -0.15) is 15.1 Å². The summed E-state index contributed by atoms with van der Waals surface area (Å²) >= 11 is 0. The molecule has 1 aliphatic heterocycles. The number of nitrogens with two attached hydrogens (primary N) is 1. The zero-order valence-electron chi connectivity index (χ0n) is 18.6. The van der Waals surface area contributed by atoms with Crippen molar-refractivity contribution in [1.82, 2.24) is 19.7 Å². The Hall–Kier alpha value is -4.12. The lowest BCUT2D eigenvalue weighted by Gasteiger charge is -2.35. The molecule has 3 heterocycles. The van der Waals surface area contributed by atoms with E-state index in [0.29, 0.717) is 18.5 Å². The Morgan fingerprint density at radius 2 is 2.00 bits per heavy atom. The summed E-state index contributed by atoms with van der Waals surface area (Å²) in [6, 6.07) is 12.4. The van der Waals surface area contributed by atoms with E-state index in [4.69, 9.17) is 15.2 Å². The van der Waals surface area contributed by atoms with Crippen molar-refractivity contribution in [3.8, 4) is 11.6 Å². The summed E-state index contributed by atoms with van der Waals surface area (Å²) in [4.78, 5) is 22.7. The number of amides is 1. The van der Waals surface area contributed by atoms with Crippen LogP contribution in [0.15, 0.2) is 54.7 Å². The third-order valence-electron chi connectivity index (χ3n) is 5.66. The lowest BCUT2D eigenvalue weighted by atomic mass is 10.1. The molecule has 1 saturated heterocycles. The lowest BCUT2D eigenvalue weighted by Crippen LogP contribution is -2.48. The van der Waals surface area contributed by atoms with Crippen molar-refractivity contribution < 1.29 is 23.0 Å². The number of hydrogen-bond donors (Lipinski definition) is 1. The van der Waals surface area contributed by atoms with Crippen LogP contribution >= 0.6 is 0 Å². The van der Waals surface area contributed by atoms with E-state index in [-0.39, 0.29) is 48.8 Å². The molecule has 1 atom stereocenters. The van der Waals surface area contributed by atoms with E-state index in [0.717, 1.165) is 17.7 Å². The number of ether oxygens (including phenoxy) is 2. The number of fused-ring (bicyclic) bond motifs is 1. The maximum absolute atomic E-state index is 14.6. The molecule has 0 aliphatic carbocycles. The molecule has 2 aromatic carbocycles. The Morgan fingerprint density at radius 1 is 1.17 bits per heavy atom. The van der Waals surface area contributed by atoms with Crippen LogP contribution in [-0.2, 0) is 16.1 Å². The molecule has 0 radical (unpaired) electrons. The standard InChI is InChI=1S/C24H22F2N6O3/c25-16-6-7-20(19(26)10-16)32-22-18(12-28-32)23(35-13-15-4-2-1-3-5-15)30-24(29-22)31-8-9-34-14-17(31)11-21(27)33/h1-7,10,12,17H,8-9,11,13-14H2,(H2,27,33)/t17-/m1/s1. The number of primary amides is 1. The van der Waals surface area contributed by atoms with Crippen LogP contribution in [-0.4, -0.2) is 51.5 Å². The average Bonchev–Trinajstić information content (AvgIpc) is 3.27. The molecule has 0 spiro atoms. The van der Waals surface area contributed by atoms with E-state index in [1.54, 1.807) is 0 Å². The molecule has 35 heavy (non-hydrogen) atoms. The van der Waals surface area contributed by atoms with Crippen LogP contribution in [0.25, 0.3) is 16.7 Å². The summed E-state index contributed by atoms with van der Waals surface area (Å²) in [6.45, 7) is 1.33. The van der Waals surface area contributed by atoms with Gasteiger partial charge in [-0.3, -0.25) is 4.79 Å². The van der Waals surface area contributed by atoms with Gasteiger partial charge in [0.15, 0.2) is 11.5 Å². The van der Waals surface area contributed by atoms with Crippen molar-refractivity contribution in [2.45, 2.75) is 19.1 Å². The molecule has 0 bridgehead atoms. The molecule has 2 aromatic heterocycles. The van der Waals surface area contributed by atoms with Gasteiger partial charge in [-0.05, 0) is 17.7 Å². The molecule has 2 N–H and O–H groups in total. The molecule has 1 aliphatic rings. The van der Waals surface area contributed by atoms with Gasteiger partial charge in [0, 0.05) is 19.0 Å². The maximum atomic E-state index is 14.6. The van der Waals surface area contributed by atoms with Crippen molar-refractivity contribution in [3.63, 3.8) is 0 Å². The molecule has 4 aromatic rings. The second-order valence-corrected chi connectivity index (χ2v) is 8.08. The second-order valence-electron chi connectivity index (χ2n) is 8.08. The van der Waals surface area contributed by atoms with Crippen LogP contribution in [0.5, 0.6) is 5.88 Å². The highest BCUT2D eigenvalue weighted by molar-refractivity contribution is 5.83. The first-order valence-electron chi connectivity index (χ1n) is 11.0. The second kappa shape index (κ2) is 9.63. The normalized spacial score (nSPS) is 15.9. The SMILES string of the molecule is NC(=O)C[C@@H]1COCCN1c1nc(OCc2ccccc2)c2cnn(-c3ccc(F)cc3F)c2n1. The van der Waals surface area contributed by atoms with Crippen molar-refractivity contribution >= 4 is 22.9 Å². The Kier molecular flexibility index (Phi) is 6.23. The predicted molar refractivity (Wildman–Crippen MR) is 123 cm³/mol. The average molecular weight is 480 g/mol. The van der Waals surface area contributed by atoms with Gasteiger partial charge in [0.25, 0.3) is 0 Å². The number of hydrogen-bond acceptors (Lipinski definition) is 7. The Bertz CT molecular complexity index is 1360. The van der Waals surface area contributed by atoms with Gasteiger partial charge in [0.1, 0.15) is 23.5 Å². The van der Waals surface area contributed by atoms with Gasteiger partial charge in [0.2, 0.25) is 17.7 Å². The predicted octanol–water partition coefficient (Wildman–Crippen LogP) is 2.75. The molecular formula is C24H22F2N6O3. The highest BCUT2D eigenvalue weighted by Crippen LogP contribution is 2.30. The quantitative estimate of drug-likeness (QED) is 0.433. The van der Waals surface area contributed by atoms with Crippen LogP contribution in [0.4, 0.5) is 14.7 Å². The number of benzene rings is 2. The largest absolute Gasteiger partial charge is 0.472 e. The van der Waals surface area contributed by atoms with Gasteiger partial charge < -0.3 is 20.1 Å². The first-order valence-corrected chi connectivity index (χ1v) is 11.0. The Balaban J connectivity index is 1.61. The number of morpholine rings is 1.